The predicted molar refractivity (Wildman–Crippen MR) is 180 cm³/mol. The number of ether oxygens (including phenoxy) is 1. The Kier molecular flexibility index (Phi) is 16.8. The van der Waals surface area contributed by atoms with Gasteiger partial charge in [-0.1, -0.05) is 12.1 Å². The van der Waals surface area contributed by atoms with Crippen molar-refractivity contribution in [2.75, 3.05) is 85.1 Å². The van der Waals surface area contributed by atoms with Gasteiger partial charge >= 0.3 is 23.9 Å². The Hall–Kier alpha value is -4.38. The fourth-order valence-electron chi connectivity index (χ4n) is 5.94. The fraction of sp³-hybridized carbons (Fsp3) is 0.588. The van der Waals surface area contributed by atoms with Crippen LogP contribution >= 0.6 is 0 Å². The quantitative estimate of drug-likeness (QED) is 0.114. The second-order valence-electron chi connectivity index (χ2n) is 12.5. The topological polar surface area (TPSA) is 209 Å². The van der Waals surface area contributed by atoms with Gasteiger partial charge in [0.1, 0.15) is 5.75 Å². The summed E-state index contributed by atoms with van der Waals surface area (Å²) in [6.07, 6.45) is 3.11. The number of amides is 2. The molecule has 50 heavy (non-hydrogen) atoms. The molecule has 0 saturated carbocycles. The van der Waals surface area contributed by atoms with E-state index in [1.54, 1.807) is 0 Å². The lowest BCUT2D eigenvalue weighted by Crippen LogP contribution is -2.52. The summed E-state index contributed by atoms with van der Waals surface area (Å²) in [6, 6.07) is 7.22. The molecule has 3 rings (SSSR count). The predicted octanol–water partition coefficient (Wildman–Crippen LogP) is 0.412. The van der Waals surface area contributed by atoms with Gasteiger partial charge in [0.05, 0.1) is 32.3 Å². The van der Waals surface area contributed by atoms with Gasteiger partial charge < -0.3 is 35.0 Å². The Bertz CT molecular complexity index is 1320. The molecule has 276 valence electrons. The highest BCUT2D eigenvalue weighted by atomic mass is 16.5. The molecular formula is C34H49N5O11. The molecule has 0 aromatic heterocycles. The van der Waals surface area contributed by atoms with Gasteiger partial charge in [0.2, 0.25) is 0 Å². The van der Waals surface area contributed by atoms with Gasteiger partial charge in [0.25, 0.3) is 11.8 Å². The van der Waals surface area contributed by atoms with E-state index in [-0.39, 0.29) is 69.7 Å². The first-order chi connectivity index (χ1) is 23.9. The van der Waals surface area contributed by atoms with Crippen molar-refractivity contribution < 1.29 is 53.9 Å². The summed E-state index contributed by atoms with van der Waals surface area (Å²) >= 11 is 0. The van der Waals surface area contributed by atoms with E-state index < -0.39 is 23.9 Å². The molecule has 16 heteroatoms. The van der Waals surface area contributed by atoms with Crippen LogP contribution in [0.3, 0.4) is 0 Å². The molecule has 1 aromatic rings. The van der Waals surface area contributed by atoms with Crippen molar-refractivity contribution in [2.45, 2.75) is 44.6 Å². The molecule has 2 aliphatic rings. The standard InChI is InChI=1S/C34H49N5O11/c40-29-6-7-30(41)39(29)12-1-23-50-28-4-2-26(3-5-28)24-27-25-37(15-10-33(46)47)20-19-35(13-8-31(42)43)17-18-36(14-9-32(44)45)21-22-38(27)16-11-34(48)49/h2-7,27H,1,8-25H2,(H,42,43)(H,44,45)(H,46,47)(H,48,49). The van der Waals surface area contributed by atoms with Crippen molar-refractivity contribution in [3.05, 3.63) is 42.0 Å². The number of carboxylic acid groups (broad SMARTS) is 4. The van der Waals surface area contributed by atoms with Crippen molar-refractivity contribution in [1.29, 1.82) is 0 Å². The molecule has 1 saturated heterocycles. The molecule has 2 aliphatic heterocycles. The summed E-state index contributed by atoms with van der Waals surface area (Å²) < 4.78 is 5.83. The van der Waals surface area contributed by atoms with E-state index in [1.165, 1.54) is 12.2 Å². The first-order valence-corrected chi connectivity index (χ1v) is 16.9. The highest BCUT2D eigenvalue weighted by Gasteiger charge is 2.26. The highest BCUT2D eigenvalue weighted by molar-refractivity contribution is 6.12. The number of carbonyl (C=O) groups is 6. The zero-order valence-electron chi connectivity index (χ0n) is 28.4. The Labute approximate surface area is 291 Å². The summed E-state index contributed by atoms with van der Waals surface area (Å²) in [4.78, 5) is 78.8. The number of rotatable bonds is 19. The van der Waals surface area contributed by atoms with Gasteiger partial charge in [-0.05, 0) is 30.5 Å². The fourth-order valence-corrected chi connectivity index (χ4v) is 5.94. The first kappa shape index (κ1) is 40.1. The maximum Gasteiger partial charge on any atom is 0.304 e. The van der Waals surface area contributed by atoms with Crippen LogP contribution in [0, 0.1) is 0 Å². The molecule has 1 unspecified atom stereocenters. The molecule has 16 nitrogen and oxygen atoms in total. The SMILES string of the molecule is O=C(O)CCN1CCN(CCC(=O)O)CCN(CCC(=O)O)C(Cc2ccc(OCCCN3C(=O)C=CC3=O)cc2)CN(CCC(=O)O)CC1. The minimum Gasteiger partial charge on any atom is -0.494 e. The molecule has 1 aromatic carbocycles. The number of benzene rings is 1. The van der Waals surface area contributed by atoms with Crippen LogP contribution in [0.15, 0.2) is 36.4 Å². The Morgan fingerprint density at radius 3 is 1.60 bits per heavy atom. The molecule has 0 aliphatic carbocycles. The van der Waals surface area contributed by atoms with E-state index in [9.17, 15) is 49.2 Å². The Morgan fingerprint density at radius 2 is 1.08 bits per heavy atom. The molecule has 0 bridgehead atoms. The average molecular weight is 704 g/mol. The van der Waals surface area contributed by atoms with E-state index in [2.05, 4.69) is 4.90 Å². The van der Waals surface area contributed by atoms with Gasteiger partial charge in [0.15, 0.2) is 0 Å². The minimum atomic E-state index is -0.953. The van der Waals surface area contributed by atoms with Gasteiger partial charge in [-0.2, -0.15) is 0 Å². The molecule has 2 heterocycles. The van der Waals surface area contributed by atoms with Crippen LogP contribution < -0.4 is 4.74 Å². The number of aliphatic carboxylic acids is 4. The van der Waals surface area contributed by atoms with Crippen molar-refractivity contribution in [2.24, 2.45) is 0 Å². The third-order valence-corrected chi connectivity index (χ3v) is 8.78. The third-order valence-electron chi connectivity index (χ3n) is 8.78. The van der Waals surface area contributed by atoms with Crippen molar-refractivity contribution in [3.8, 4) is 5.75 Å². The summed E-state index contributed by atoms with van der Waals surface area (Å²) in [5.41, 5.74) is 0.943. The number of nitrogens with zero attached hydrogens (tertiary/aromatic N) is 5. The van der Waals surface area contributed by atoms with E-state index in [0.29, 0.717) is 77.6 Å². The van der Waals surface area contributed by atoms with Crippen LogP contribution in [-0.4, -0.2) is 172 Å². The van der Waals surface area contributed by atoms with Crippen LogP contribution in [0.2, 0.25) is 0 Å². The summed E-state index contributed by atoms with van der Waals surface area (Å²) in [7, 11) is 0. The number of carboxylic acids is 4. The average Bonchev–Trinajstić information content (AvgIpc) is 3.38. The van der Waals surface area contributed by atoms with Crippen LogP contribution in [0.4, 0.5) is 0 Å². The smallest absolute Gasteiger partial charge is 0.304 e. The minimum absolute atomic E-state index is 0.0647. The molecule has 0 spiro atoms. The maximum absolute atomic E-state index is 11.7. The Morgan fingerprint density at radius 1 is 0.620 bits per heavy atom. The second kappa shape index (κ2) is 21.0. The zero-order chi connectivity index (χ0) is 36.5. The number of hydrogen-bond donors (Lipinski definition) is 4. The van der Waals surface area contributed by atoms with Crippen molar-refractivity contribution in [1.82, 2.24) is 24.5 Å². The highest BCUT2D eigenvalue weighted by Crippen LogP contribution is 2.18. The van der Waals surface area contributed by atoms with Crippen LogP contribution in [-0.2, 0) is 35.2 Å². The van der Waals surface area contributed by atoms with E-state index in [0.717, 1.165) is 10.5 Å². The third kappa shape index (κ3) is 15.0. The molecule has 4 N–H and O–H groups in total. The normalized spacial score (nSPS) is 18.9. The second-order valence-corrected chi connectivity index (χ2v) is 12.5. The summed E-state index contributed by atoms with van der Waals surface area (Å²) in [6.45, 7) is 4.87. The van der Waals surface area contributed by atoms with Gasteiger partial charge in [0, 0.05) is 96.7 Å². The molecular weight excluding hydrogens is 654 g/mol. The molecule has 0 radical (unpaired) electrons. The summed E-state index contributed by atoms with van der Waals surface area (Å²) in [5, 5.41) is 37.7. The maximum atomic E-state index is 11.7. The number of carbonyl (C=O) groups excluding carboxylic acids is 2. The van der Waals surface area contributed by atoms with Crippen molar-refractivity contribution >= 4 is 35.7 Å². The number of hydrogen-bond acceptors (Lipinski definition) is 11. The Balaban J connectivity index is 1.79. The number of imide groups is 1. The molecule has 1 fully saturated rings. The van der Waals surface area contributed by atoms with Crippen LogP contribution in [0.25, 0.3) is 0 Å². The van der Waals surface area contributed by atoms with Crippen molar-refractivity contribution in [3.63, 3.8) is 0 Å². The van der Waals surface area contributed by atoms with Gasteiger partial charge in [-0.25, -0.2) is 0 Å². The van der Waals surface area contributed by atoms with E-state index in [1.807, 2.05) is 39.0 Å². The molecule has 2 amide bonds. The van der Waals surface area contributed by atoms with E-state index in [4.69, 9.17) is 4.74 Å². The first-order valence-electron chi connectivity index (χ1n) is 16.9. The van der Waals surface area contributed by atoms with Crippen LogP contribution in [0.5, 0.6) is 5.75 Å². The van der Waals surface area contributed by atoms with Gasteiger partial charge in [-0.3, -0.25) is 43.5 Å². The lowest BCUT2D eigenvalue weighted by Gasteiger charge is -2.39. The van der Waals surface area contributed by atoms with Crippen LogP contribution in [0.1, 0.15) is 37.7 Å². The van der Waals surface area contributed by atoms with Gasteiger partial charge in [-0.15, -0.1) is 0 Å². The lowest BCUT2D eigenvalue weighted by atomic mass is 10.0. The van der Waals surface area contributed by atoms with E-state index >= 15 is 0 Å². The molecule has 1 atom stereocenters. The monoisotopic (exact) mass is 703 g/mol. The zero-order valence-corrected chi connectivity index (χ0v) is 28.4. The summed E-state index contributed by atoms with van der Waals surface area (Å²) in [5.74, 6) is -3.84. The lowest BCUT2D eigenvalue weighted by molar-refractivity contribution is -0.139. The largest absolute Gasteiger partial charge is 0.494 e.